The molecular weight excluding hydrogens is 304 g/mol. The van der Waals surface area contributed by atoms with Gasteiger partial charge >= 0.3 is 0 Å². The molecule has 0 aromatic heterocycles. The molecule has 0 saturated heterocycles. The van der Waals surface area contributed by atoms with Crippen molar-refractivity contribution in [1.29, 1.82) is 0 Å². The van der Waals surface area contributed by atoms with Gasteiger partial charge in [-0.25, -0.2) is 0 Å². The summed E-state index contributed by atoms with van der Waals surface area (Å²) in [5.74, 6) is 1.06. The fourth-order valence-corrected chi connectivity index (χ4v) is 3.62. The minimum absolute atomic E-state index is 0.661. The fraction of sp³-hybridized carbons (Fsp3) is 1.00. The molecule has 0 nitrogen and oxygen atoms in total. The van der Waals surface area contributed by atoms with Crippen molar-refractivity contribution in [3.63, 3.8) is 0 Å². The van der Waals surface area contributed by atoms with Gasteiger partial charge in [0, 0.05) is 5.25 Å². The van der Waals surface area contributed by atoms with Gasteiger partial charge in [-0.3, -0.25) is 0 Å². The second-order valence-corrected chi connectivity index (χ2v) is 8.08. The molecule has 0 rings (SSSR count). The Bertz CT molecular complexity index is 194. The maximum absolute atomic E-state index is 4.71. The van der Waals surface area contributed by atoms with Crippen molar-refractivity contribution < 1.29 is 0 Å². The van der Waals surface area contributed by atoms with E-state index in [0.29, 0.717) is 5.25 Å². The maximum Gasteiger partial charge on any atom is 0.00168 e. The lowest BCUT2D eigenvalue weighted by Crippen LogP contribution is -1.98. The molecular formula is C20H42S2. The van der Waals surface area contributed by atoms with Gasteiger partial charge in [-0.2, -0.15) is 25.3 Å². The molecule has 0 radical (unpaired) electrons. The second-order valence-electron chi connectivity index (χ2n) is 6.90. The summed E-state index contributed by atoms with van der Waals surface area (Å²) in [5, 5.41) is 0.661. The van der Waals surface area contributed by atoms with Crippen LogP contribution in [0.25, 0.3) is 0 Å². The van der Waals surface area contributed by atoms with E-state index >= 15 is 0 Å². The molecule has 1 unspecified atom stereocenters. The van der Waals surface area contributed by atoms with Crippen LogP contribution in [0.5, 0.6) is 0 Å². The van der Waals surface area contributed by atoms with E-state index in [2.05, 4.69) is 19.6 Å². The standard InChI is InChI=1S/C20H42S2/c1-2-3-14-17-20(22)18-15-12-10-8-6-4-5-7-9-11-13-16-19-21/h20-22H,2-19H2,1H3. The van der Waals surface area contributed by atoms with E-state index in [-0.39, 0.29) is 0 Å². The smallest absolute Gasteiger partial charge is 0.00168 e. The van der Waals surface area contributed by atoms with E-state index in [1.54, 1.807) is 0 Å². The molecule has 22 heavy (non-hydrogen) atoms. The first kappa shape index (κ1) is 22.7. The SMILES string of the molecule is CCCCCC(S)CCCCCCCCCCCCCCS. The number of unbranched alkanes of at least 4 members (excludes halogenated alkanes) is 13. The Morgan fingerprint density at radius 1 is 0.545 bits per heavy atom. The van der Waals surface area contributed by atoms with Crippen molar-refractivity contribution in [2.45, 2.75) is 121 Å². The predicted octanol–water partition coefficient (Wildman–Crippen LogP) is 7.87. The average Bonchev–Trinajstić information content (AvgIpc) is 2.52. The maximum atomic E-state index is 4.71. The highest BCUT2D eigenvalue weighted by molar-refractivity contribution is 7.81. The summed E-state index contributed by atoms with van der Waals surface area (Å²) in [6.07, 6.45) is 23.8. The molecule has 0 aliphatic rings. The topological polar surface area (TPSA) is 0 Å². The van der Waals surface area contributed by atoms with E-state index in [1.807, 2.05) is 0 Å². The van der Waals surface area contributed by atoms with E-state index < -0.39 is 0 Å². The van der Waals surface area contributed by atoms with Crippen molar-refractivity contribution >= 4 is 25.3 Å². The molecule has 134 valence electrons. The van der Waals surface area contributed by atoms with Crippen LogP contribution in [0.4, 0.5) is 0 Å². The van der Waals surface area contributed by atoms with Crippen LogP contribution >= 0.6 is 25.3 Å². The molecule has 0 amide bonds. The van der Waals surface area contributed by atoms with Crippen molar-refractivity contribution in [3.8, 4) is 0 Å². The molecule has 0 fully saturated rings. The molecule has 2 heteroatoms. The van der Waals surface area contributed by atoms with E-state index in [0.717, 1.165) is 5.75 Å². The van der Waals surface area contributed by atoms with E-state index in [9.17, 15) is 0 Å². The van der Waals surface area contributed by atoms with Crippen LogP contribution in [0.15, 0.2) is 0 Å². The molecule has 0 aliphatic heterocycles. The minimum atomic E-state index is 0.661. The molecule has 1 atom stereocenters. The zero-order valence-corrected chi connectivity index (χ0v) is 17.0. The van der Waals surface area contributed by atoms with Crippen LogP contribution in [0.2, 0.25) is 0 Å². The third kappa shape index (κ3) is 18.7. The number of hydrogen-bond acceptors (Lipinski definition) is 2. The molecule has 0 aromatic carbocycles. The Morgan fingerprint density at radius 3 is 1.32 bits per heavy atom. The summed E-state index contributed by atoms with van der Waals surface area (Å²) in [4.78, 5) is 0. The zero-order chi connectivity index (χ0) is 16.3. The number of rotatable bonds is 18. The Balaban J connectivity index is 3.05. The zero-order valence-electron chi connectivity index (χ0n) is 15.2. The molecule has 0 bridgehead atoms. The van der Waals surface area contributed by atoms with Gasteiger partial charge < -0.3 is 0 Å². The van der Waals surface area contributed by atoms with Crippen molar-refractivity contribution in [2.75, 3.05) is 5.75 Å². The fourth-order valence-electron chi connectivity index (χ4n) is 3.03. The lowest BCUT2D eigenvalue weighted by atomic mass is 10.0. The number of thiol groups is 2. The summed E-state index contributed by atoms with van der Waals surface area (Å²) in [7, 11) is 0. The van der Waals surface area contributed by atoms with Crippen LogP contribution < -0.4 is 0 Å². The summed E-state index contributed by atoms with van der Waals surface area (Å²) >= 11 is 8.96. The Kier molecular flexibility index (Phi) is 20.4. The minimum Gasteiger partial charge on any atom is -0.179 e. The van der Waals surface area contributed by atoms with Crippen LogP contribution in [0.3, 0.4) is 0 Å². The normalized spacial score (nSPS) is 12.7. The van der Waals surface area contributed by atoms with Crippen LogP contribution in [0.1, 0.15) is 116 Å². The summed E-state index contributed by atoms with van der Waals surface area (Å²) in [6, 6.07) is 0. The van der Waals surface area contributed by atoms with Gasteiger partial charge in [0.1, 0.15) is 0 Å². The molecule has 0 saturated carbocycles. The van der Waals surface area contributed by atoms with Gasteiger partial charge in [0.15, 0.2) is 0 Å². The van der Waals surface area contributed by atoms with Crippen LogP contribution in [0, 0.1) is 0 Å². The Hall–Kier alpha value is 0.700. The highest BCUT2D eigenvalue weighted by Gasteiger charge is 2.02. The second kappa shape index (κ2) is 19.7. The molecule has 0 N–H and O–H groups in total. The van der Waals surface area contributed by atoms with Crippen LogP contribution in [-0.2, 0) is 0 Å². The largest absolute Gasteiger partial charge is 0.179 e. The number of hydrogen-bond donors (Lipinski definition) is 2. The van der Waals surface area contributed by atoms with Gasteiger partial charge in [0.2, 0.25) is 0 Å². The van der Waals surface area contributed by atoms with E-state index in [4.69, 9.17) is 12.6 Å². The van der Waals surface area contributed by atoms with Crippen molar-refractivity contribution in [1.82, 2.24) is 0 Å². The summed E-state index contributed by atoms with van der Waals surface area (Å²) in [5.41, 5.74) is 0. The Labute approximate surface area is 152 Å². The van der Waals surface area contributed by atoms with E-state index in [1.165, 1.54) is 109 Å². The highest BCUT2D eigenvalue weighted by atomic mass is 32.1. The first-order valence-electron chi connectivity index (χ1n) is 10.1. The van der Waals surface area contributed by atoms with Crippen molar-refractivity contribution in [2.24, 2.45) is 0 Å². The average molecular weight is 347 g/mol. The summed E-state index contributed by atoms with van der Waals surface area (Å²) in [6.45, 7) is 2.27. The summed E-state index contributed by atoms with van der Waals surface area (Å²) < 4.78 is 0. The quantitative estimate of drug-likeness (QED) is 0.183. The lowest BCUT2D eigenvalue weighted by molar-refractivity contribution is 0.531. The van der Waals surface area contributed by atoms with Gasteiger partial charge in [-0.05, 0) is 25.0 Å². The first-order chi connectivity index (χ1) is 10.8. The highest BCUT2D eigenvalue weighted by Crippen LogP contribution is 2.17. The molecule has 0 heterocycles. The lowest BCUT2D eigenvalue weighted by Gasteiger charge is -2.09. The van der Waals surface area contributed by atoms with Crippen molar-refractivity contribution in [3.05, 3.63) is 0 Å². The van der Waals surface area contributed by atoms with Crippen LogP contribution in [-0.4, -0.2) is 11.0 Å². The third-order valence-corrected chi connectivity index (χ3v) is 5.42. The van der Waals surface area contributed by atoms with Gasteiger partial charge in [0.25, 0.3) is 0 Å². The Morgan fingerprint density at radius 2 is 0.909 bits per heavy atom. The molecule has 0 aromatic rings. The van der Waals surface area contributed by atoms with Gasteiger partial charge in [-0.15, -0.1) is 0 Å². The third-order valence-electron chi connectivity index (χ3n) is 4.59. The molecule has 0 spiro atoms. The predicted molar refractivity (Wildman–Crippen MR) is 111 cm³/mol. The first-order valence-corrected chi connectivity index (χ1v) is 11.2. The molecule has 0 aliphatic carbocycles. The van der Waals surface area contributed by atoms with Gasteiger partial charge in [-0.1, -0.05) is 96.8 Å². The monoisotopic (exact) mass is 346 g/mol. The van der Waals surface area contributed by atoms with Gasteiger partial charge in [0.05, 0.1) is 0 Å².